The zero-order chi connectivity index (χ0) is 14.8. The first-order valence-corrected chi connectivity index (χ1v) is 8.48. The Balaban J connectivity index is 1.97. The van der Waals surface area contributed by atoms with E-state index in [-0.39, 0.29) is 16.8 Å². The molecule has 0 aromatic heterocycles. The first-order valence-electron chi connectivity index (χ1n) is 7.43. The van der Waals surface area contributed by atoms with Crippen LogP contribution in [0.1, 0.15) is 46.0 Å². The lowest BCUT2D eigenvalue weighted by molar-refractivity contribution is -0.141. The van der Waals surface area contributed by atoms with Crippen molar-refractivity contribution in [3.05, 3.63) is 0 Å². The number of nitrogens with zero attached hydrogens (tertiary/aromatic N) is 1. The third-order valence-electron chi connectivity index (χ3n) is 4.47. The number of nitrogens with one attached hydrogen (secondary N) is 1. The van der Waals surface area contributed by atoms with Crippen molar-refractivity contribution in [3.8, 4) is 0 Å². The molecule has 2 rings (SSSR count). The summed E-state index contributed by atoms with van der Waals surface area (Å²) in [5, 5.41) is 12.2. The summed E-state index contributed by atoms with van der Waals surface area (Å²) < 4.78 is 0. The number of carbonyl (C=O) groups is 2. The molecule has 1 aliphatic heterocycles. The van der Waals surface area contributed by atoms with Gasteiger partial charge in [0.2, 0.25) is 0 Å². The number of rotatable bonds is 6. The summed E-state index contributed by atoms with van der Waals surface area (Å²) in [4.78, 5) is 25.2. The number of amides is 2. The molecule has 0 aromatic rings. The topological polar surface area (TPSA) is 69.6 Å². The van der Waals surface area contributed by atoms with Crippen molar-refractivity contribution in [2.45, 2.75) is 57.4 Å². The summed E-state index contributed by atoms with van der Waals surface area (Å²) in [5.41, 5.74) is 0.279. The number of aliphatic carboxylic acids is 1. The van der Waals surface area contributed by atoms with Crippen molar-refractivity contribution >= 4 is 23.8 Å². The van der Waals surface area contributed by atoms with Gasteiger partial charge >= 0.3 is 12.0 Å². The van der Waals surface area contributed by atoms with Crippen LogP contribution in [-0.4, -0.2) is 45.7 Å². The Morgan fingerprint density at radius 2 is 2.10 bits per heavy atom. The molecule has 2 atom stereocenters. The summed E-state index contributed by atoms with van der Waals surface area (Å²) in [5.74, 6) is -0.408. The molecule has 6 heteroatoms. The Labute approximate surface area is 124 Å². The van der Waals surface area contributed by atoms with Crippen molar-refractivity contribution < 1.29 is 14.7 Å². The highest BCUT2D eigenvalue weighted by molar-refractivity contribution is 8.00. The maximum atomic E-state index is 12.4. The van der Waals surface area contributed by atoms with Gasteiger partial charge in [-0.05, 0) is 31.1 Å². The third kappa shape index (κ3) is 3.22. The highest BCUT2D eigenvalue weighted by Gasteiger charge is 2.44. The molecule has 5 nitrogen and oxygen atoms in total. The largest absolute Gasteiger partial charge is 0.480 e. The molecular weight excluding hydrogens is 276 g/mol. The molecule has 0 aromatic carbocycles. The van der Waals surface area contributed by atoms with E-state index in [2.05, 4.69) is 19.2 Å². The second kappa shape index (κ2) is 6.24. The van der Waals surface area contributed by atoms with Crippen LogP contribution in [0.2, 0.25) is 0 Å². The maximum absolute atomic E-state index is 12.4. The van der Waals surface area contributed by atoms with Gasteiger partial charge < -0.3 is 10.4 Å². The summed E-state index contributed by atoms with van der Waals surface area (Å²) in [7, 11) is 0. The lowest BCUT2D eigenvalue weighted by Crippen LogP contribution is -2.51. The molecule has 2 aliphatic rings. The van der Waals surface area contributed by atoms with Crippen LogP contribution in [0.25, 0.3) is 0 Å². The van der Waals surface area contributed by atoms with Gasteiger partial charge in [0.15, 0.2) is 0 Å². The lowest BCUT2D eigenvalue weighted by Gasteiger charge is -2.28. The predicted octanol–water partition coefficient (Wildman–Crippen LogP) is 2.51. The molecule has 2 N–H and O–H groups in total. The van der Waals surface area contributed by atoms with E-state index in [1.165, 1.54) is 12.8 Å². The molecule has 20 heavy (non-hydrogen) atoms. The molecule has 1 aliphatic carbocycles. The van der Waals surface area contributed by atoms with Gasteiger partial charge in [-0.25, -0.2) is 9.59 Å². The van der Waals surface area contributed by atoms with Gasteiger partial charge in [0.1, 0.15) is 6.04 Å². The van der Waals surface area contributed by atoms with E-state index in [1.807, 2.05) is 0 Å². The van der Waals surface area contributed by atoms with Gasteiger partial charge in [-0.2, -0.15) is 0 Å². The number of urea groups is 1. The summed E-state index contributed by atoms with van der Waals surface area (Å²) in [6, 6.07) is -0.895. The Bertz CT molecular complexity index is 385. The van der Waals surface area contributed by atoms with E-state index in [9.17, 15) is 14.7 Å². The number of thioether (sulfide) groups is 1. The van der Waals surface area contributed by atoms with E-state index in [1.54, 1.807) is 16.7 Å². The number of hydrogen-bond donors (Lipinski definition) is 2. The summed E-state index contributed by atoms with van der Waals surface area (Å²) in [6.07, 6.45) is 5.20. The minimum absolute atomic E-state index is 0.00196. The molecule has 0 bridgehead atoms. The van der Waals surface area contributed by atoms with Crippen molar-refractivity contribution in [1.82, 2.24) is 10.2 Å². The molecule has 2 amide bonds. The van der Waals surface area contributed by atoms with E-state index >= 15 is 0 Å². The fourth-order valence-corrected chi connectivity index (χ4v) is 4.20. The average Bonchev–Trinajstić information content (AvgIpc) is 3.09. The van der Waals surface area contributed by atoms with Gasteiger partial charge in [-0.1, -0.05) is 20.3 Å². The Kier molecular flexibility index (Phi) is 4.83. The normalized spacial score (nSPS) is 27.4. The van der Waals surface area contributed by atoms with Crippen LogP contribution in [0, 0.1) is 5.41 Å². The van der Waals surface area contributed by atoms with E-state index in [0.717, 1.165) is 19.3 Å². The molecule has 1 heterocycles. The number of carboxylic acids is 1. The van der Waals surface area contributed by atoms with Crippen LogP contribution < -0.4 is 5.32 Å². The predicted molar refractivity (Wildman–Crippen MR) is 79.8 cm³/mol. The molecule has 0 spiro atoms. The Morgan fingerprint density at radius 1 is 1.40 bits per heavy atom. The van der Waals surface area contributed by atoms with Crippen molar-refractivity contribution in [1.29, 1.82) is 0 Å². The number of carbonyl (C=O) groups excluding carboxylic acids is 1. The molecular formula is C14H24N2O3S. The minimum Gasteiger partial charge on any atom is -0.480 e. The second-order valence-electron chi connectivity index (χ2n) is 5.85. The molecule has 1 saturated carbocycles. The Hall–Kier alpha value is -0.910. The lowest BCUT2D eigenvalue weighted by atomic mass is 10.0. The van der Waals surface area contributed by atoms with Gasteiger partial charge in [0.05, 0.1) is 5.37 Å². The van der Waals surface area contributed by atoms with E-state index in [4.69, 9.17) is 0 Å². The second-order valence-corrected chi connectivity index (χ2v) is 7.06. The van der Waals surface area contributed by atoms with Crippen molar-refractivity contribution in [2.24, 2.45) is 5.41 Å². The quantitative estimate of drug-likeness (QED) is 0.791. The first kappa shape index (κ1) is 15.5. The molecule has 0 radical (unpaired) electrons. The average molecular weight is 300 g/mol. The zero-order valence-corrected chi connectivity index (χ0v) is 13.0. The van der Waals surface area contributed by atoms with Gasteiger partial charge in [-0.15, -0.1) is 11.8 Å². The summed E-state index contributed by atoms with van der Waals surface area (Å²) >= 11 is 1.58. The highest BCUT2D eigenvalue weighted by atomic mass is 32.2. The van der Waals surface area contributed by atoms with E-state index in [0.29, 0.717) is 12.3 Å². The molecule has 114 valence electrons. The van der Waals surface area contributed by atoms with Crippen LogP contribution in [0.15, 0.2) is 0 Å². The van der Waals surface area contributed by atoms with Crippen molar-refractivity contribution in [2.75, 3.05) is 12.3 Å². The van der Waals surface area contributed by atoms with Gasteiger partial charge in [0.25, 0.3) is 0 Å². The van der Waals surface area contributed by atoms with Crippen LogP contribution >= 0.6 is 11.8 Å². The first-order chi connectivity index (χ1) is 9.53. The van der Waals surface area contributed by atoms with Crippen LogP contribution in [-0.2, 0) is 4.79 Å². The molecule has 1 saturated heterocycles. The molecule has 2 fully saturated rings. The monoisotopic (exact) mass is 300 g/mol. The standard InChI is InChI=1S/C14H24N2O3S/c1-3-5-11-16(10(8-20-11)12(17)18)13(19)15-9-14(4-2)6-7-14/h10-11H,3-9H2,1-2H3,(H,15,19)(H,17,18). The zero-order valence-electron chi connectivity index (χ0n) is 12.2. The van der Waals surface area contributed by atoms with Crippen molar-refractivity contribution in [3.63, 3.8) is 0 Å². The van der Waals surface area contributed by atoms with E-state index < -0.39 is 12.0 Å². The fourth-order valence-electron chi connectivity index (χ4n) is 2.68. The fraction of sp³-hybridized carbons (Fsp3) is 0.857. The Morgan fingerprint density at radius 3 is 2.60 bits per heavy atom. The van der Waals surface area contributed by atoms with Crippen LogP contribution in [0.3, 0.4) is 0 Å². The highest BCUT2D eigenvalue weighted by Crippen LogP contribution is 2.48. The maximum Gasteiger partial charge on any atom is 0.327 e. The third-order valence-corrected chi connectivity index (χ3v) is 5.83. The van der Waals surface area contributed by atoms with Gasteiger partial charge in [-0.3, -0.25) is 4.90 Å². The number of hydrogen-bond acceptors (Lipinski definition) is 3. The van der Waals surface area contributed by atoms with Crippen LogP contribution in [0.5, 0.6) is 0 Å². The SMILES string of the molecule is CCCC1SCC(C(=O)O)N1C(=O)NCC1(CC)CC1. The smallest absolute Gasteiger partial charge is 0.327 e. The minimum atomic E-state index is -0.900. The van der Waals surface area contributed by atoms with Gasteiger partial charge in [0, 0.05) is 12.3 Å². The molecule has 2 unspecified atom stereocenters. The summed E-state index contributed by atoms with van der Waals surface area (Å²) in [6.45, 7) is 4.88. The van der Waals surface area contributed by atoms with Crippen LogP contribution in [0.4, 0.5) is 4.79 Å². The number of carboxylic acid groups (broad SMARTS) is 1.